The number of hydrogen-bond acceptors (Lipinski definition) is 1. The smallest absolute Gasteiger partial charge is 0.123 e. The zero-order valence-corrected chi connectivity index (χ0v) is 12.4. The van der Waals surface area contributed by atoms with E-state index in [1.165, 1.54) is 17.2 Å². The summed E-state index contributed by atoms with van der Waals surface area (Å²) in [7, 11) is 0. The maximum Gasteiger partial charge on any atom is 0.123 e. The monoisotopic (exact) mass is 271 g/mol. The summed E-state index contributed by atoms with van der Waals surface area (Å²) in [6, 6.07) is 13.6. The van der Waals surface area contributed by atoms with Crippen LogP contribution in [-0.4, -0.2) is 6.54 Å². The van der Waals surface area contributed by atoms with Gasteiger partial charge in [0.25, 0.3) is 0 Å². The second-order valence-corrected chi connectivity index (χ2v) is 5.09. The topological polar surface area (TPSA) is 12.0 Å². The first-order valence-corrected chi connectivity index (χ1v) is 7.24. The van der Waals surface area contributed by atoms with Crippen molar-refractivity contribution < 1.29 is 4.39 Å². The zero-order chi connectivity index (χ0) is 14.5. The standard InChI is InChI=1S/C18H22FN/c1-4-14-7-6-8-15(11-14)18(20-5-2)17-12-16(19)10-9-13(17)3/h6-12,18,20H,4-5H2,1-3H3. The summed E-state index contributed by atoms with van der Waals surface area (Å²) in [6.07, 6.45) is 1.01. The molecule has 0 spiro atoms. The molecule has 1 atom stereocenters. The van der Waals surface area contributed by atoms with Crippen LogP contribution in [0.2, 0.25) is 0 Å². The van der Waals surface area contributed by atoms with Crippen molar-refractivity contribution in [3.05, 3.63) is 70.5 Å². The Morgan fingerprint density at radius 3 is 2.60 bits per heavy atom. The molecule has 0 heterocycles. The van der Waals surface area contributed by atoms with Gasteiger partial charge in [0.1, 0.15) is 5.82 Å². The van der Waals surface area contributed by atoms with Crippen LogP contribution in [0.25, 0.3) is 0 Å². The molecule has 2 rings (SSSR count). The molecule has 0 aliphatic carbocycles. The number of aryl methyl sites for hydroxylation is 2. The fourth-order valence-corrected chi connectivity index (χ4v) is 2.53. The molecule has 0 saturated carbocycles. The highest BCUT2D eigenvalue weighted by Crippen LogP contribution is 2.26. The normalized spacial score (nSPS) is 12.4. The molecule has 0 bridgehead atoms. The molecular weight excluding hydrogens is 249 g/mol. The number of benzene rings is 2. The van der Waals surface area contributed by atoms with Gasteiger partial charge in [-0.2, -0.15) is 0 Å². The number of hydrogen-bond donors (Lipinski definition) is 1. The lowest BCUT2D eigenvalue weighted by Crippen LogP contribution is -2.23. The van der Waals surface area contributed by atoms with Crippen molar-refractivity contribution in [3.8, 4) is 0 Å². The Kier molecular flexibility index (Phi) is 4.91. The van der Waals surface area contributed by atoms with Crippen LogP contribution >= 0.6 is 0 Å². The fraction of sp³-hybridized carbons (Fsp3) is 0.333. The lowest BCUT2D eigenvalue weighted by molar-refractivity contribution is 0.600. The first-order chi connectivity index (χ1) is 9.65. The maximum atomic E-state index is 13.6. The predicted octanol–water partition coefficient (Wildman–Crippen LogP) is 4.40. The molecule has 0 saturated heterocycles. The highest BCUT2D eigenvalue weighted by atomic mass is 19.1. The van der Waals surface area contributed by atoms with Gasteiger partial charge in [-0.05, 0) is 54.3 Å². The van der Waals surface area contributed by atoms with E-state index < -0.39 is 0 Å². The van der Waals surface area contributed by atoms with Gasteiger partial charge in [-0.25, -0.2) is 4.39 Å². The van der Waals surface area contributed by atoms with Gasteiger partial charge in [-0.15, -0.1) is 0 Å². The summed E-state index contributed by atoms with van der Waals surface area (Å²) in [5.41, 5.74) is 4.62. The van der Waals surface area contributed by atoms with Crippen molar-refractivity contribution in [1.82, 2.24) is 5.32 Å². The van der Waals surface area contributed by atoms with Gasteiger partial charge in [0.2, 0.25) is 0 Å². The van der Waals surface area contributed by atoms with Crippen LogP contribution in [-0.2, 0) is 6.42 Å². The molecule has 1 unspecified atom stereocenters. The van der Waals surface area contributed by atoms with Crippen molar-refractivity contribution in [1.29, 1.82) is 0 Å². The zero-order valence-electron chi connectivity index (χ0n) is 12.4. The number of nitrogens with one attached hydrogen (secondary N) is 1. The largest absolute Gasteiger partial charge is 0.307 e. The van der Waals surface area contributed by atoms with Crippen LogP contribution in [0.4, 0.5) is 4.39 Å². The molecule has 0 aliphatic heterocycles. The molecule has 0 aliphatic rings. The lowest BCUT2D eigenvalue weighted by Gasteiger charge is -2.21. The first kappa shape index (κ1) is 14.7. The minimum atomic E-state index is -0.180. The third-order valence-corrected chi connectivity index (χ3v) is 3.65. The minimum Gasteiger partial charge on any atom is -0.307 e. The minimum absolute atomic E-state index is 0.0437. The van der Waals surface area contributed by atoms with Crippen molar-refractivity contribution >= 4 is 0 Å². The van der Waals surface area contributed by atoms with Crippen molar-refractivity contribution in [3.63, 3.8) is 0 Å². The van der Waals surface area contributed by atoms with Gasteiger partial charge in [-0.1, -0.05) is 44.2 Å². The molecule has 2 aromatic rings. The molecule has 0 fully saturated rings. The summed E-state index contributed by atoms with van der Waals surface area (Å²) in [5, 5.41) is 3.47. The Morgan fingerprint density at radius 1 is 1.10 bits per heavy atom. The van der Waals surface area contributed by atoms with Gasteiger partial charge < -0.3 is 5.32 Å². The molecule has 0 amide bonds. The van der Waals surface area contributed by atoms with Crippen LogP contribution < -0.4 is 5.32 Å². The Balaban J connectivity index is 2.46. The van der Waals surface area contributed by atoms with E-state index in [-0.39, 0.29) is 11.9 Å². The van der Waals surface area contributed by atoms with Crippen LogP contribution in [0.3, 0.4) is 0 Å². The second kappa shape index (κ2) is 6.67. The van der Waals surface area contributed by atoms with E-state index in [1.807, 2.05) is 13.0 Å². The Bertz CT molecular complexity index is 577. The van der Waals surface area contributed by atoms with Crippen molar-refractivity contribution in [2.24, 2.45) is 0 Å². The summed E-state index contributed by atoms with van der Waals surface area (Å²) in [5.74, 6) is -0.180. The Hall–Kier alpha value is -1.67. The third-order valence-electron chi connectivity index (χ3n) is 3.65. The predicted molar refractivity (Wildman–Crippen MR) is 82.5 cm³/mol. The van der Waals surface area contributed by atoms with Gasteiger partial charge in [0, 0.05) is 0 Å². The Labute approximate surface area is 120 Å². The van der Waals surface area contributed by atoms with E-state index in [1.54, 1.807) is 6.07 Å². The van der Waals surface area contributed by atoms with Gasteiger partial charge in [-0.3, -0.25) is 0 Å². The van der Waals surface area contributed by atoms with Gasteiger partial charge >= 0.3 is 0 Å². The van der Waals surface area contributed by atoms with E-state index in [0.29, 0.717) is 0 Å². The SMILES string of the molecule is CCNC(c1cccc(CC)c1)c1cc(F)ccc1C. The molecule has 106 valence electrons. The molecular formula is C18H22FN. The summed E-state index contributed by atoms with van der Waals surface area (Å²) in [4.78, 5) is 0. The number of rotatable bonds is 5. The molecule has 1 nitrogen and oxygen atoms in total. The maximum absolute atomic E-state index is 13.6. The number of halogens is 1. The lowest BCUT2D eigenvalue weighted by atomic mass is 9.93. The van der Waals surface area contributed by atoms with E-state index in [0.717, 1.165) is 24.1 Å². The third kappa shape index (κ3) is 3.26. The van der Waals surface area contributed by atoms with Crippen LogP contribution in [0.1, 0.15) is 42.1 Å². The first-order valence-electron chi connectivity index (χ1n) is 7.24. The van der Waals surface area contributed by atoms with E-state index >= 15 is 0 Å². The Morgan fingerprint density at radius 2 is 1.90 bits per heavy atom. The average molecular weight is 271 g/mol. The summed E-state index contributed by atoms with van der Waals surface area (Å²) >= 11 is 0. The summed E-state index contributed by atoms with van der Waals surface area (Å²) < 4.78 is 13.6. The average Bonchev–Trinajstić information content (AvgIpc) is 2.47. The van der Waals surface area contributed by atoms with E-state index in [9.17, 15) is 4.39 Å². The van der Waals surface area contributed by atoms with Crippen molar-refractivity contribution in [2.75, 3.05) is 6.54 Å². The molecule has 0 radical (unpaired) electrons. The van der Waals surface area contributed by atoms with E-state index in [2.05, 4.69) is 43.4 Å². The van der Waals surface area contributed by atoms with Crippen molar-refractivity contribution in [2.45, 2.75) is 33.2 Å². The fourth-order valence-electron chi connectivity index (χ4n) is 2.53. The van der Waals surface area contributed by atoms with Crippen LogP contribution in [0.5, 0.6) is 0 Å². The van der Waals surface area contributed by atoms with Crippen LogP contribution in [0.15, 0.2) is 42.5 Å². The molecule has 0 aromatic heterocycles. The van der Waals surface area contributed by atoms with E-state index in [4.69, 9.17) is 0 Å². The molecule has 2 aromatic carbocycles. The van der Waals surface area contributed by atoms with Gasteiger partial charge in [0.15, 0.2) is 0 Å². The van der Waals surface area contributed by atoms with Crippen LogP contribution in [0, 0.1) is 12.7 Å². The molecule has 20 heavy (non-hydrogen) atoms. The second-order valence-electron chi connectivity index (χ2n) is 5.09. The highest BCUT2D eigenvalue weighted by molar-refractivity contribution is 5.38. The highest BCUT2D eigenvalue weighted by Gasteiger charge is 2.16. The van der Waals surface area contributed by atoms with Gasteiger partial charge in [0.05, 0.1) is 6.04 Å². The quantitative estimate of drug-likeness (QED) is 0.850. The molecule has 1 N–H and O–H groups in total. The summed E-state index contributed by atoms with van der Waals surface area (Å²) in [6.45, 7) is 7.10. The molecule has 2 heteroatoms.